The number of ether oxygens (including phenoxy) is 1. The molecule has 0 aliphatic carbocycles. The molecule has 1 fully saturated rings. The van der Waals surface area contributed by atoms with Crippen molar-refractivity contribution in [2.45, 2.75) is 71.8 Å². The Morgan fingerprint density at radius 2 is 1.91 bits per heavy atom. The van der Waals surface area contributed by atoms with Gasteiger partial charge in [0, 0.05) is 32.1 Å². The highest BCUT2D eigenvalue weighted by Gasteiger charge is 2.30. The van der Waals surface area contributed by atoms with Gasteiger partial charge in [-0.3, -0.25) is 4.79 Å². The number of nitrogens with zero attached hydrogens (tertiary/aromatic N) is 3. The minimum atomic E-state index is -0.255. The summed E-state index contributed by atoms with van der Waals surface area (Å²) in [5, 5.41) is 1.63. The van der Waals surface area contributed by atoms with Crippen LogP contribution < -0.4 is 16.6 Å². The number of likely N-dealkylation sites (tertiary alicyclic amines) is 1. The SMILES string of the molecule is C=CCCC1CCN(C(=O)N2CCc3ccc(C(CC(=O)OCC)c4ccc(N(N)C/C=C/C)c(N)c4C)cc3C2)CC1. The Morgan fingerprint density at radius 1 is 1.14 bits per heavy atom. The summed E-state index contributed by atoms with van der Waals surface area (Å²) < 4.78 is 5.38. The maximum atomic E-state index is 13.5. The van der Waals surface area contributed by atoms with Gasteiger partial charge in [0.25, 0.3) is 0 Å². The van der Waals surface area contributed by atoms with E-state index in [9.17, 15) is 9.59 Å². The topological polar surface area (TPSA) is 105 Å². The molecular weight excluding hydrogens is 538 g/mol. The fraction of sp³-hybridized carbons (Fsp3) is 0.486. The quantitative estimate of drug-likeness (QED) is 0.109. The maximum absolute atomic E-state index is 13.5. The van der Waals surface area contributed by atoms with Gasteiger partial charge in [0.05, 0.1) is 30.9 Å². The van der Waals surface area contributed by atoms with Crippen molar-refractivity contribution in [3.8, 4) is 0 Å². The van der Waals surface area contributed by atoms with Crippen LogP contribution in [0.1, 0.15) is 79.7 Å². The lowest BCUT2D eigenvalue weighted by molar-refractivity contribution is -0.143. The van der Waals surface area contributed by atoms with Gasteiger partial charge in [-0.15, -0.1) is 6.58 Å². The molecule has 0 radical (unpaired) electrons. The Bertz CT molecular complexity index is 1310. The third-order valence-electron chi connectivity index (χ3n) is 9.01. The number of rotatable bonds is 11. The van der Waals surface area contributed by atoms with Crippen molar-refractivity contribution in [1.82, 2.24) is 9.80 Å². The van der Waals surface area contributed by atoms with E-state index in [1.165, 1.54) is 5.56 Å². The molecule has 2 amide bonds. The number of allylic oxidation sites excluding steroid dienone is 2. The molecule has 1 saturated heterocycles. The number of esters is 1. The molecule has 2 aromatic carbocycles. The van der Waals surface area contributed by atoms with Crippen molar-refractivity contribution in [3.63, 3.8) is 0 Å². The molecule has 8 heteroatoms. The number of hydrogen-bond acceptors (Lipinski definition) is 6. The van der Waals surface area contributed by atoms with Crippen LogP contribution in [0.25, 0.3) is 0 Å². The second-order valence-corrected chi connectivity index (χ2v) is 11.8. The zero-order valence-corrected chi connectivity index (χ0v) is 26.2. The molecule has 2 aliphatic rings. The van der Waals surface area contributed by atoms with Crippen LogP contribution in [0.2, 0.25) is 0 Å². The fourth-order valence-corrected chi connectivity index (χ4v) is 6.39. The van der Waals surface area contributed by atoms with Crippen molar-refractivity contribution in [3.05, 3.63) is 83.0 Å². The average Bonchev–Trinajstić information content (AvgIpc) is 3.02. The number of benzene rings is 2. The van der Waals surface area contributed by atoms with Gasteiger partial charge in [-0.05, 0) is 92.7 Å². The molecule has 2 heterocycles. The van der Waals surface area contributed by atoms with E-state index in [-0.39, 0.29) is 24.3 Å². The monoisotopic (exact) mass is 587 g/mol. The second kappa shape index (κ2) is 15.1. The largest absolute Gasteiger partial charge is 0.466 e. The minimum absolute atomic E-state index is 0.129. The van der Waals surface area contributed by atoms with E-state index in [0.29, 0.717) is 37.8 Å². The Morgan fingerprint density at radius 3 is 2.60 bits per heavy atom. The summed E-state index contributed by atoms with van der Waals surface area (Å²) in [6.07, 6.45) is 11.2. The minimum Gasteiger partial charge on any atom is -0.466 e. The maximum Gasteiger partial charge on any atom is 0.320 e. The molecule has 232 valence electrons. The van der Waals surface area contributed by atoms with Crippen molar-refractivity contribution in [2.75, 3.05) is 43.5 Å². The van der Waals surface area contributed by atoms with Crippen LogP contribution in [-0.2, 0) is 22.5 Å². The lowest BCUT2D eigenvalue weighted by Crippen LogP contribution is -2.48. The zero-order valence-electron chi connectivity index (χ0n) is 26.2. The molecule has 43 heavy (non-hydrogen) atoms. The molecule has 2 aliphatic heterocycles. The summed E-state index contributed by atoms with van der Waals surface area (Å²) in [6, 6.07) is 10.5. The van der Waals surface area contributed by atoms with E-state index in [1.807, 2.05) is 60.9 Å². The van der Waals surface area contributed by atoms with Crippen LogP contribution in [0, 0.1) is 12.8 Å². The Balaban J connectivity index is 1.57. The molecule has 2 aromatic rings. The van der Waals surface area contributed by atoms with Gasteiger partial charge < -0.3 is 25.3 Å². The highest BCUT2D eigenvalue weighted by Crippen LogP contribution is 2.38. The smallest absolute Gasteiger partial charge is 0.320 e. The highest BCUT2D eigenvalue weighted by atomic mass is 16.5. The fourth-order valence-electron chi connectivity index (χ4n) is 6.39. The van der Waals surface area contributed by atoms with Gasteiger partial charge in [0.15, 0.2) is 0 Å². The van der Waals surface area contributed by atoms with E-state index < -0.39 is 0 Å². The summed E-state index contributed by atoms with van der Waals surface area (Å²) >= 11 is 0. The summed E-state index contributed by atoms with van der Waals surface area (Å²) in [5.74, 6) is 6.46. The van der Waals surface area contributed by atoms with Gasteiger partial charge >= 0.3 is 12.0 Å². The van der Waals surface area contributed by atoms with Crippen molar-refractivity contribution < 1.29 is 14.3 Å². The first kappa shape index (κ1) is 32.1. The van der Waals surface area contributed by atoms with Crippen LogP contribution in [0.3, 0.4) is 0 Å². The van der Waals surface area contributed by atoms with Gasteiger partial charge in [-0.25, -0.2) is 10.6 Å². The summed E-state index contributed by atoms with van der Waals surface area (Å²) in [7, 11) is 0. The molecule has 8 nitrogen and oxygen atoms in total. The first-order chi connectivity index (χ1) is 20.8. The second-order valence-electron chi connectivity index (χ2n) is 11.8. The zero-order chi connectivity index (χ0) is 30.9. The van der Waals surface area contributed by atoms with E-state index in [0.717, 1.165) is 73.1 Å². The van der Waals surface area contributed by atoms with Gasteiger partial charge in [-0.1, -0.05) is 42.5 Å². The van der Waals surface area contributed by atoms with Crippen molar-refractivity contribution in [2.24, 2.45) is 11.8 Å². The summed E-state index contributed by atoms with van der Waals surface area (Å²) in [5.41, 5.74) is 13.2. The number of nitrogen functional groups attached to an aromatic ring is 1. The Hall–Kier alpha value is -3.78. The van der Waals surface area contributed by atoms with Crippen LogP contribution in [0.4, 0.5) is 16.2 Å². The number of anilines is 2. The molecule has 1 atom stereocenters. The van der Waals surface area contributed by atoms with Crippen LogP contribution in [0.15, 0.2) is 55.1 Å². The summed E-state index contributed by atoms with van der Waals surface area (Å²) in [6.45, 7) is 13.4. The molecule has 0 saturated carbocycles. The number of carbonyl (C=O) groups excluding carboxylic acids is 2. The predicted octanol–water partition coefficient (Wildman–Crippen LogP) is 6.07. The van der Waals surface area contributed by atoms with Crippen molar-refractivity contribution in [1.29, 1.82) is 0 Å². The molecule has 4 rings (SSSR count). The predicted molar refractivity (Wildman–Crippen MR) is 175 cm³/mol. The third kappa shape index (κ3) is 7.79. The first-order valence-electron chi connectivity index (χ1n) is 15.7. The number of nitrogens with two attached hydrogens (primary N) is 2. The van der Waals surface area contributed by atoms with E-state index in [2.05, 4.69) is 24.8 Å². The summed E-state index contributed by atoms with van der Waals surface area (Å²) in [4.78, 5) is 30.3. The van der Waals surface area contributed by atoms with E-state index in [1.54, 1.807) is 5.01 Å². The first-order valence-corrected chi connectivity index (χ1v) is 15.7. The van der Waals surface area contributed by atoms with Crippen molar-refractivity contribution >= 4 is 23.4 Å². The molecule has 0 aromatic heterocycles. The number of hydrazine groups is 1. The third-order valence-corrected chi connectivity index (χ3v) is 9.01. The molecule has 0 spiro atoms. The lowest BCUT2D eigenvalue weighted by Gasteiger charge is -2.38. The Labute approximate surface area is 257 Å². The van der Waals surface area contributed by atoms with Crippen LogP contribution >= 0.6 is 0 Å². The lowest BCUT2D eigenvalue weighted by atomic mass is 9.83. The number of urea groups is 1. The van der Waals surface area contributed by atoms with Gasteiger partial charge in [0.1, 0.15) is 0 Å². The van der Waals surface area contributed by atoms with Gasteiger partial charge in [0.2, 0.25) is 0 Å². The number of piperidine rings is 1. The molecule has 0 bridgehead atoms. The van der Waals surface area contributed by atoms with Crippen LogP contribution in [-0.4, -0.2) is 54.6 Å². The number of hydrogen-bond donors (Lipinski definition) is 2. The van der Waals surface area contributed by atoms with E-state index in [4.69, 9.17) is 16.3 Å². The molecule has 4 N–H and O–H groups in total. The van der Waals surface area contributed by atoms with Crippen LogP contribution in [0.5, 0.6) is 0 Å². The van der Waals surface area contributed by atoms with E-state index >= 15 is 0 Å². The number of amides is 2. The normalized spacial score (nSPS) is 16.2. The number of carbonyl (C=O) groups is 2. The highest BCUT2D eigenvalue weighted by molar-refractivity contribution is 5.76. The molecular formula is C35H49N5O3. The van der Waals surface area contributed by atoms with Gasteiger partial charge in [-0.2, -0.15) is 0 Å². The number of fused-ring (bicyclic) bond motifs is 1. The molecule has 1 unspecified atom stereocenters. The standard InChI is InChI=1S/C35H49N5O3/c1-5-8-10-26-15-19-38(20-16-26)35(42)39-21-17-27-11-12-28(22-29(27)24-39)31(23-33(41)43-7-3)30-13-14-32(34(36)25(30)4)40(37)18-9-6-2/h5-6,9,11-14,22,26,31H,1,7-8,10,15-21,23-24,36-37H2,2-4H3/b9-6+. The average molecular weight is 588 g/mol. The Kier molecular flexibility index (Phi) is 11.3.